The lowest BCUT2D eigenvalue weighted by molar-refractivity contribution is 0.0177. The van der Waals surface area contributed by atoms with Gasteiger partial charge in [0.05, 0.1) is 12.7 Å². The molecule has 1 heterocycles. The van der Waals surface area contributed by atoms with Crippen molar-refractivity contribution in [3.05, 3.63) is 0 Å². The molecule has 5 nitrogen and oxygen atoms in total. The molecule has 0 bridgehead atoms. The van der Waals surface area contributed by atoms with Crippen LogP contribution in [0.25, 0.3) is 0 Å². The zero-order valence-electron chi connectivity index (χ0n) is 15.9. The van der Waals surface area contributed by atoms with Crippen LogP contribution in [0.3, 0.4) is 0 Å². The highest BCUT2D eigenvalue weighted by atomic mass is 16.5. The van der Waals surface area contributed by atoms with Gasteiger partial charge in [0.15, 0.2) is 5.96 Å². The molecule has 2 unspecified atom stereocenters. The monoisotopic (exact) mass is 339 g/mol. The summed E-state index contributed by atoms with van der Waals surface area (Å²) in [5.74, 6) is 2.40. The van der Waals surface area contributed by atoms with Gasteiger partial charge >= 0.3 is 0 Å². The summed E-state index contributed by atoms with van der Waals surface area (Å²) in [5, 5.41) is 3.43. The first-order valence-electron chi connectivity index (χ1n) is 9.93. The summed E-state index contributed by atoms with van der Waals surface area (Å²) in [6.07, 6.45) is 7.98. The smallest absolute Gasteiger partial charge is 0.193 e. The first kappa shape index (κ1) is 19.5. The van der Waals surface area contributed by atoms with E-state index >= 15 is 0 Å². The number of rotatable bonds is 9. The fourth-order valence-corrected chi connectivity index (χ4v) is 3.97. The fourth-order valence-electron chi connectivity index (χ4n) is 3.97. The molecule has 2 fully saturated rings. The molecule has 5 heteroatoms. The molecule has 24 heavy (non-hydrogen) atoms. The van der Waals surface area contributed by atoms with Gasteiger partial charge in [-0.25, -0.2) is 0 Å². The summed E-state index contributed by atoms with van der Waals surface area (Å²) < 4.78 is 11.5. The van der Waals surface area contributed by atoms with Gasteiger partial charge in [-0.05, 0) is 45.4 Å². The highest BCUT2D eigenvalue weighted by molar-refractivity contribution is 5.79. The summed E-state index contributed by atoms with van der Waals surface area (Å²) >= 11 is 0. The Balaban J connectivity index is 1.83. The first-order chi connectivity index (χ1) is 11.7. The van der Waals surface area contributed by atoms with Crippen LogP contribution in [0.1, 0.15) is 52.4 Å². The second-order valence-corrected chi connectivity index (χ2v) is 7.17. The van der Waals surface area contributed by atoms with E-state index in [0.717, 1.165) is 64.2 Å². The molecule has 1 N–H and O–H groups in total. The topological polar surface area (TPSA) is 46.1 Å². The average molecular weight is 340 g/mol. The van der Waals surface area contributed by atoms with Crippen LogP contribution in [0.5, 0.6) is 0 Å². The van der Waals surface area contributed by atoms with Crippen LogP contribution in [0.2, 0.25) is 0 Å². The van der Waals surface area contributed by atoms with Crippen molar-refractivity contribution in [2.75, 3.05) is 46.5 Å². The number of guanidine groups is 1. The molecule has 0 aromatic carbocycles. The normalized spacial score (nSPS) is 23.6. The van der Waals surface area contributed by atoms with Gasteiger partial charge < -0.3 is 19.7 Å². The van der Waals surface area contributed by atoms with Crippen molar-refractivity contribution in [2.45, 2.75) is 58.5 Å². The van der Waals surface area contributed by atoms with Gasteiger partial charge in [-0.1, -0.05) is 12.8 Å². The van der Waals surface area contributed by atoms with E-state index in [1.807, 2.05) is 0 Å². The van der Waals surface area contributed by atoms with E-state index in [1.165, 1.54) is 25.7 Å². The Hall–Kier alpha value is -0.810. The Morgan fingerprint density at radius 3 is 2.71 bits per heavy atom. The molecule has 1 aliphatic carbocycles. The molecule has 0 spiro atoms. The molecule has 0 aromatic rings. The van der Waals surface area contributed by atoms with E-state index in [-0.39, 0.29) is 0 Å². The summed E-state index contributed by atoms with van der Waals surface area (Å²) in [5.41, 5.74) is 0. The van der Waals surface area contributed by atoms with Gasteiger partial charge in [0.2, 0.25) is 0 Å². The van der Waals surface area contributed by atoms with Crippen LogP contribution in [0.4, 0.5) is 0 Å². The highest BCUT2D eigenvalue weighted by Crippen LogP contribution is 2.30. The Morgan fingerprint density at radius 2 is 2.08 bits per heavy atom. The van der Waals surface area contributed by atoms with E-state index in [4.69, 9.17) is 14.5 Å². The predicted molar refractivity (Wildman–Crippen MR) is 99.5 cm³/mol. The zero-order chi connectivity index (χ0) is 17.2. The average Bonchev–Trinajstić information content (AvgIpc) is 3.26. The number of nitrogens with one attached hydrogen (secondary N) is 1. The molecule has 140 valence electrons. The molecule has 1 saturated heterocycles. The summed E-state index contributed by atoms with van der Waals surface area (Å²) in [4.78, 5) is 7.12. The maximum absolute atomic E-state index is 6.02. The second-order valence-electron chi connectivity index (χ2n) is 7.17. The van der Waals surface area contributed by atoms with Crippen molar-refractivity contribution in [2.24, 2.45) is 16.8 Å². The Bertz CT molecular complexity index is 364. The number of ether oxygens (including phenoxy) is 2. The van der Waals surface area contributed by atoms with E-state index in [2.05, 4.69) is 31.1 Å². The fraction of sp³-hybridized carbons (Fsp3) is 0.947. The van der Waals surface area contributed by atoms with Gasteiger partial charge in [0, 0.05) is 45.8 Å². The zero-order valence-corrected chi connectivity index (χ0v) is 15.9. The highest BCUT2D eigenvalue weighted by Gasteiger charge is 2.25. The standard InChI is InChI=1S/C19H37N3O2/c1-4-20-19(22(3)14-16-11-13-23-15-16)21-12-10-18(24-5-2)17-8-6-7-9-17/h16-18H,4-15H2,1-3H3,(H,20,21). The van der Waals surface area contributed by atoms with Crippen molar-refractivity contribution in [1.29, 1.82) is 0 Å². The third kappa shape index (κ3) is 6.25. The Kier molecular flexibility index (Phi) is 8.89. The van der Waals surface area contributed by atoms with Gasteiger partial charge in [0.25, 0.3) is 0 Å². The van der Waals surface area contributed by atoms with Crippen LogP contribution in [0.15, 0.2) is 4.99 Å². The SMILES string of the molecule is CCNC(=NCCC(OCC)C1CCCC1)N(C)CC1CCOC1. The Labute approximate surface area is 148 Å². The van der Waals surface area contributed by atoms with Crippen molar-refractivity contribution in [1.82, 2.24) is 10.2 Å². The molecular formula is C19H37N3O2. The molecular weight excluding hydrogens is 302 g/mol. The molecule has 0 amide bonds. The van der Waals surface area contributed by atoms with Crippen molar-refractivity contribution in [3.63, 3.8) is 0 Å². The largest absolute Gasteiger partial charge is 0.381 e. The van der Waals surface area contributed by atoms with E-state index in [9.17, 15) is 0 Å². The van der Waals surface area contributed by atoms with Crippen LogP contribution < -0.4 is 5.32 Å². The van der Waals surface area contributed by atoms with Gasteiger partial charge in [-0.15, -0.1) is 0 Å². The molecule has 1 saturated carbocycles. The number of aliphatic imine (C=N–C) groups is 1. The van der Waals surface area contributed by atoms with Crippen LogP contribution in [0, 0.1) is 11.8 Å². The van der Waals surface area contributed by atoms with Gasteiger partial charge in [-0.3, -0.25) is 4.99 Å². The lowest BCUT2D eigenvalue weighted by Gasteiger charge is -2.25. The van der Waals surface area contributed by atoms with E-state index < -0.39 is 0 Å². The second kappa shape index (κ2) is 10.9. The van der Waals surface area contributed by atoms with Crippen LogP contribution in [-0.4, -0.2) is 63.5 Å². The van der Waals surface area contributed by atoms with E-state index in [0.29, 0.717) is 12.0 Å². The van der Waals surface area contributed by atoms with Crippen LogP contribution in [-0.2, 0) is 9.47 Å². The number of hydrogen-bond donors (Lipinski definition) is 1. The van der Waals surface area contributed by atoms with Crippen LogP contribution >= 0.6 is 0 Å². The molecule has 0 aromatic heterocycles. The molecule has 2 aliphatic rings. The third-order valence-corrected chi connectivity index (χ3v) is 5.23. The van der Waals surface area contributed by atoms with Crippen molar-refractivity contribution < 1.29 is 9.47 Å². The minimum absolute atomic E-state index is 0.387. The maximum Gasteiger partial charge on any atom is 0.193 e. The molecule has 1 aliphatic heterocycles. The quantitative estimate of drug-likeness (QED) is 0.518. The number of nitrogens with zero attached hydrogens (tertiary/aromatic N) is 2. The van der Waals surface area contributed by atoms with Crippen molar-refractivity contribution >= 4 is 5.96 Å². The predicted octanol–water partition coefficient (Wildman–Crippen LogP) is 2.91. The maximum atomic E-state index is 6.02. The minimum atomic E-state index is 0.387. The van der Waals surface area contributed by atoms with Gasteiger partial charge in [-0.2, -0.15) is 0 Å². The first-order valence-corrected chi connectivity index (χ1v) is 9.93. The lowest BCUT2D eigenvalue weighted by atomic mass is 9.98. The summed E-state index contributed by atoms with van der Waals surface area (Å²) in [6.45, 7) is 9.60. The summed E-state index contributed by atoms with van der Waals surface area (Å²) in [6, 6.07) is 0. The Morgan fingerprint density at radius 1 is 1.29 bits per heavy atom. The molecule has 2 rings (SSSR count). The minimum Gasteiger partial charge on any atom is -0.381 e. The van der Waals surface area contributed by atoms with Crippen molar-refractivity contribution in [3.8, 4) is 0 Å². The van der Waals surface area contributed by atoms with Gasteiger partial charge in [0.1, 0.15) is 0 Å². The molecule has 0 radical (unpaired) electrons. The molecule has 2 atom stereocenters. The lowest BCUT2D eigenvalue weighted by Crippen LogP contribution is -2.41. The third-order valence-electron chi connectivity index (χ3n) is 5.23. The van der Waals surface area contributed by atoms with E-state index in [1.54, 1.807) is 0 Å². The number of hydrogen-bond acceptors (Lipinski definition) is 3. The summed E-state index contributed by atoms with van der Waals surface area (Å²) in [7, 11) is 2.14.